The lowest BCUT2D eigenvalue weighted by atomic mass is 10.2. The van der Waals surface area contributed by atoms with Crippen LogP contribution in [-0.4, -0.2) is 19.2 Å². The van der Waals surface area contributed by atoms with Gasteiger partial charge in [-0.1, -0.05) is 64.5 Å². The first kappa shape index (κ1) is 17.3. The van der Waals surface area contributed by atoms with Crippen molar-refractivity contribution in [3.8, 4) is 5.75 Å². The second-order valence-electron chi connectivity index (χ2n) is 4.93. The van der Waals surface area contributed by atoms with Crippen molar-refractivity contribution in [3.05, 3.63) is 65.7 Å². The zero-order valence-electron chi connectivity index (χ0n) is 12.8. The van der Waals surface area contributed by atoms with E-state index in [0.717, 1.165) is 28.6 Å². The van der Waals surface area contributed by atoms with E-state index in [0.29, 0.717) is 13.2 Å². The highest BCUT2D eigenvalue weighted by Crippen LogP contribution is 2.20. The SMILES string of the molecule is O=C(NCCCOc1ccccc1CBr)OCc1ccccc1. The third kappa shape index (κ3) is 6.32. The lowest BCUT2D eigenvalue weighted by Crippen LogP contribution is -2.26. The number of alkyl halides is 1. The van der Waals surface area contributed by atoms with Gasteiger partial charge in [0.25, 0.3) is 0 Å². The lowest BCUT2D eigenvalue weighted by Gasteiger charge is -2.10. The Kier molecular flexibility index (Phi) is 7.46. The number of halogens is 1. The van der Waals surface area contributed by atoms with E-state index in [1.165, 1.54) is 0 Å². The van der Waals surface area contributed by atoms with Crippen LogP contribution in [-0.2, 0) is 16.7 Å². The molecule has 5 heteroatoms. The lowest BCUT2D eigenvalue weighted by molar-refractivity contribution is 0.139. The highest BCUT2D eigenvalue weighted by molar-refractivity contribution is 9.08. The van der Waals surface area contributed by atoms with Crippen LogP contribution in [0.2, 0.25) is 0 Å². The summed E-state index contributed by atoms with van der Waals surface area (Å²) >= 11 is 3.43. The smallest absolute Gasteiger partial charge is 0.407 e. The molecule has 4 nitrogen and oxygen atoms in total. The maximum atomic E-state index is 11.6. The third-order valence-electron chi connectivity index (χ3n) is 3.18. The summed E-state index contributed by atoms with van der Waals surface area (Å²) in [6.07, 6.45) is 0.312. The molecule has 0 radical (unpaired) electrons. The first-order valence-corrected chi connectivity index (χ1v) is 8.63. The highest BCUT2D eigenvalue weighted by atomic mass is 79.9. The van der Waals surface area contributed by atoms with Crippen LogP contribution in [0, 0.1) is 0 Å². The first-order chi connectivity index (χ1) is 11.3. The van der Waals surface area contributed by atoms with Gasteiger partial charge in [0, 0.05) is 17.4 Å². The minimum absolute atomic E-state index is 0.280. The minimum Gasteiger partial charge on any atom is -0.493 e. The minimum atomic E-state index is -0.408. The molecule has 0 heterocycles. The number of carbonyl (C=O) groups is 1. The molecule has 0 aliphatic carbocycles. The van der Waals surface area contributed by atoms with Crippen LogP contribution in [0.5, 0.6) is 5.75 Å². The maximum absolute atomic E-state index is 11.6. The van der Waals surface area contributed by atoms with Crippen LogP contribution in [0.4, 0.5) is 4.79 Å². The van der Waals surface area contributed by atoms with Crippen LogP contribution in [0.1, 0.15) is 17.5 Å². The van der Waals surface area contributed by atoms with E-state index in [1.807, 2.05) is 54.6 Å². The molecule has 2 aromatic carbocycles. The molecule has 0 unspecified atom stereocenters. The van der Waals surface area contributed by atoms with Gasteiger partial charge in [0.05, 0.1) is 6.61 Å². The van der Waals surface area contributed by atoms with Crippen molar-refractivity contribution in [1.82, 2.24) is 5.32 Å². The van der Waals surface area contributed by atoms with Crippen LogP contribution < -0.4 is 10.1 Å². The number of benzene rings is 2. The van der Waals surface area contributed by atoms with E-state index in [-0.39, 0.29) is 6.61 Å². The second kappa shape index (κ2) is 9.90. The zero-order chi connectivity index (χ0) is 16.3. The summed E-state index contributed by atoms with van der Waals surface area (Å²) in [5.41, 5.74) is 2.08. The molecule has 0 saturated carbocycles. The van der Waals surface area contributed by atoms with Crippen LogP contribution in [0.3, 0.4) is 0 Å². The van der Waals surface area contributed by atoms with Crippen LogP contribution in [0.25, 0.3) is 0 Å². The molecule has 2 rings (SSSR count). The van der Waals surface area contributed by atoms with Gasteiger partial charge in [0.2, 0.25) is 0 Å². The second-order valence-corrected chi connectivity index (χ2v) is 5.49. The number of para-hydroxylation sites is 1. The van der Waals surface area contributed by atoms with E-state index in [4.69, 9.17) is 9.47 Å². The van der Waals surface area contributed by atoms with Crippen molar-refractivity contribution in [3.63, 3.8) is 0 Å². The van der Waals surface area contributed by atoms with Gasteiger partial charge in [-0.2, -0.15) is 0 Å². The normalized spacial score (nSPS) is 10.1. The number of nitrogens with one attached hydrogen (secondary N) is 1. The number of ether oxygens (including phenoxy) is 2. The number of hydrogen-bond acceptors (Lipinski definition) is 3. The molecule has 2 aromatic rings. The third-order valence-corrected chi connectivity index (χ3v) is 3.78. The summed E-state index contributed by atoms with van der Waals surface area (Å²) in [5.74, 6) is 0.871. The number of amides is 1. The van der Waals surface area contributed by atoms with Crippen LogP contribution >= 0.6 is 15.9 Å². The summed E-state index contributed by atoms with van der Waals surface area (Å²) in [6, 6.07) is 17.5. The fourth-order valence-corrected chi connectivity index (χ4v) is 2.44. The maximum Gasteiger partial charge on any atom is 0.407 e. The van der Waals surface area contributed by atoms with Crippen molar-refractivity contribution in [1.29, 1.82) is 0 Å². The number of rotatable bonds is 8. The van der Waals surface area contributed by atoms with E-state index < -0.39 is 6.09 Å². The summed E-state index contributed by atoms with van der Waals surface area (Å²) in [6.45, 7) is 1.34. The quantitative estimate of drug-likeness (QED) is 0.551. The van der Waals surface area contributed by atoms with Gasteiger partial charge in [-0.3, -0.25) is 0 Å². The summed E-state index contributed by atoms with van der Waals surface area (Å²) < 4.78 is 10.8. The Bertz CT molecular complexity index is 604. The standard InChI is InChI=1S/C18H20BrNO3/c19-13-16-9-4-5-10-17(16)22-12-6-11-20-18(21)23-14-15-7-2-1-3-8-15/h1-5,7-10H,6,11-14H2,(H,20,21). The van der Waals surface area contributed by atoms with Gasteiger partial charge in [0.1, 0.15) is 12.4 Å². The molecular formula is C18H20BrNO3. The Balaban J connectivity index is 1.59. The summed E-state index contributed by atoms with van der Waals surface area (Å²) in [5, 5.41) is 3.47. The molecule has 0 bridgehead atoms. The monoisotopic (exact) mass is 377 g/mol. The highest BCUT2D eigenvalue weighted by Gasteiger charge is 2.03. The summed E-state index contributed by atoms with van der Waals surface area (Å²) in [7, 11) is 0. The molecule has 23 heavy (non-hydrogen) atoms. The largest absolute Gasteiger partial charge is 0.493 e. The van der Waals surface area contributed by atoms with Crippen molar-refractivity contribution < 1.29 is 14.3 Å². The predicted molar refractivity (Wildman–Crippen MR) is 93.8 cm³/mol. The Morgan fingerprint density at radius 2 is 1.78 bits per heavy atom. The molecule has 0 spiro atoms. The average Bonchev–Trinajstić information content (AvgIpc) is 2.61. The Morgan fingerprint density at radius 3 is 2.57 bits per heavy atom. The van der Waals surface area contributed by atoms with Crippen molar-refractivity contribution in [2.24, 2.45) is 0 Å². The molecule has 1 amide bonds. The molecular weight excluding hydrogens is 358 g/mol. The Morgan fingerprint density at radius 1 is 1.04 bits per heavy atom. The van der Waals surface area contributed by atoms with Crippen molar-refractivity contribution in [2.75, 3.05) is 13.2 Å². The van der Waals surface area contributed by atoms with E-state index in [1.54, 1.807) is 0 Å². The molecule has 0 fully saturated rings. The first-order valence-electron chi connectivity index (χ1n) is 7.51. The Hall–Kier alpha value is -2.01. The van der Waals surface area contributed by atoms with E-state index in [9.17, 15) is 4.79 Å². The zero-order valence-corrected chi connectivity index (χ0v) is 14.4. The van der Waals surface area contributed by atoms with Gasteiger partial charge in [-0.05, 0) is 18.1 Å². The van der Waals surface area contributed by atoms with E-state index in [2.05, 4.69) is 21.2 Å². The molecule has 1 N–H and O–H groups in total. The molecule has 0 atom stereocenters. The summed E-state index contributed by atoms with van der Waals surface area (Å²) in [4.78, 5) is 11.6. The fraction of sp³-hybridized carbons (Fsp3) is 0.278. The topological polar surface area (TPSA) is 47.6 Å². The number of alkyl carbamates (subject to hydrolysis) is 1. The fourth-order valence-electron chi connectivity index (χ4n) is 1.97. The molecule has 0 aliphatic heterocycles. The number of hydrogen-bond donors (Lipinski definition) is 1. The predicted octanol–water partition coefficient (Wildman–Crippen LogP) is 4.28. The molecule has 0 aromatic heterocycles. The van der Waals surface area contributed by atoms with Gasteiger partial charge < -0.3 is 14.8 Å². The van der Waals surface area contributed by atoms with Gasteiger partial charge in [0.15, 0.2) is 0 Å². The molecule has 0 saturated heterocycles. The van der Waals surface area contributed by atoms with E-state index >= 15 is 0 Å². The molecule has 0 aliphatic rings. The van der Waals surface area contributed by atoms with Gasteiger partial charge >= 0.3 is 6.09 Å². The van der Waals surface area contributed by atoms with Gasteiger partial charge in [-0.25, -0.2) is 4.79 Å². The number of carbonyl (C=O) groups excluding carboxylic acids is 1. The van der Waals surface area contributed by atoms with Crippen molar-refractivity contribution >= 4 is 22.0 Å². The van der Waals surface area contributed by atoms with Gasteiger partial charge in [-0.15, -0.1) is 0 Å². The molecule has 122 valence electrons. The van der Waals surface area contributed by atoms with Crippen LogP contribution in [0.15, 0.2) is 54.6 Å². The van der Waals surface area contributed by atoms with Crippen molar-refractivity contribution in [2.45, 2.75) is 18.4 Å². The Labute approximate surface area is 144 Å². The average molecular weight is 378 g/mol.